The topological polar surface area (TPSA) is 12.5 Å². The molecule has 0 radical (unpaired) electrons. The first kappa shape index (κ1) is 19.3. The second-order valence-corrected chi connectivity index (χ2v) is 8.31. The van der Waals surface area contributed by atoms with E-state index >= 15 is 0 Å². The molecule has 0 aromatic carbocycles. The van der Waals surface area contributed by atoms with Gasteiger partial charge in [-0.05, 0) is 69.4 Å². The molecule has 1 fully saturated rings. The molecular weight excluding hydrogens is 314 g/mol. The molecule has 1 aliphatic heterocycles. The van der Waals surface area contributed by atoms with Crippen molar-refractivity contribution in [3.8, 4) is 0 Å². The largest absolute Gasteiger partial charge is 0.501 e. The highest BCUT2D eigenvalue weighted by atomic mass is 32.1. The number of nitrogens with zero attached hydrogens (tertiary/aromatic N) is 1. The summed E-state index contributed by atoms with van der Waals surface area (Å²) in [4.78, 5) is 5.58. The predicted molar refractivity (Wildman–Crippen MR) is 107 cm³/mol. The van der Waals surface area contributed by atoms with Crippen LogP contribution in [-0.4, -0.2) is 31.1 Å². The van der Waals surface area contributed by atoms with Gasteiger partial charge in [-0.1, -0.05) is 26.3 Å². The number of allylic oxidation sites excluding steroid dienone is 3. The van der Waals surface area contributed by atoms with Crippen LogP contribution in [0, 0.1) is 5.92 Å². The number of likely N-dealkylation sites (tertiary alicyclic amines) is 1. The summed E-state index contributed by atoms with van der Waals surface area (Å²) in [5.74, 6) is 2.48. The highest BCUT2D eigenvalue weighted by molar-refractivity contribution is 7.13. The van der Waals surface area contributed by atoms with Crippen molar-refractivity contribution < 1.29 is 4.74 Å². The summed E-state index contributed by atoms with van der Waals surface area (Å²) in [5, 5.41) is 0. The van der Waals surface area contributed by atoms with Crippen LogP contribution < -0.4 is 0 Å². The molecule has 1 saturated heterocycles. The average molecular weight is 348 g/mol. The predicted octanol–water partition coefficient (Wildman–Crippen LogP) is 5.93. The van der Waals surface area contributed by atoms with Gasteiger partial charge in [0.05, 0.1) is 12.9 Å². The highest BCUT2D eigenvalue weighted by Gasteiger charge is 2.27. The van der Waals surface area contributed by atoms with Crippen molar-refractivity contribution in [2.75, 3.05) is 20.2 Å². The van der Waals surface area contributed by atoms with Crippen LogP contribution in [0.3, 0.4) is 0 Å². The van der Waals surface area contributed by atoms with Crippen LogP contribution in [-0.2, 0) is 4.74 Å². The van der Waals surface area contributed by atoms with Crippen molar-refractivity contribution >= 4 is 17.4 Å². The maximum atomic E-state index is 5.15. The van der Waals surface area contributed by atoms with Gasteiger partial charge in [-0.2, -0.15) is 0 Å². The van der Waals surface area contributed by atoms with E-state index in [0.29, 0.717) is 6.04 Å². The van der Waals surface area contributed by atoms with E-state index in [-0.39, 0.29) is 0 Å². The van der Waals surface area contributed by atoms with Crippen molar-refractivity contribution in [1.82, 2.24) is 4.90 Å². The second kappa shape index (κ2) is 9.43. The lowest BCUT2D eigenvalue weighted by Gasteiger charge is -2.38. The summed E-state index contributed by atoms with van der Waals surface area (Å²) in [7, 11) is 1.71. The first-order valence-electron chi connectivity index (χ1n) is 9.26. The van der Waals surface area contributed by atoms with Crippen LogP contribution >= 0.6 is 11.3 Å². The van der Waals surface area contributed by atoms with Crippen molar-refractivity contribution in [2.45, 2.75) is 58.9 Å². The number of ether oxygens (including phenoxy) is 1. The van der Waals surface area contributed by atoms with Gasteiger partial charge in [0.1, 0.15) is 0 Å². The van der Waals surface area contributed by atoms with Gasteiger partial charge < -0.3 is 9.64 Å². The molecule has 1 aliphatic rings. The lowest BCUT2D eigenvalue weighted by Crippen LogP contribution is -2.42. The van der Waals surface area contributed by atoms with Crippen LogP contribution in [0.25, 0.3) is 6.08 Å². The lowest BCUT2D eigenvalue weighted by molar-refractivity contribution is 0.127. The minimum atomic E-state index is 0.700. The minimum Gasteiger partial charge on any atom is -0.501 e. The number of rotatable bonds is 7. The van der Waals surface area contributed by atoms with Crippen molar-refractivity contribution in [3.63, 3.8) is 0 Å². The van der Waals surface area contributed by atoms with Gasteiger partial charge in [0.25, 0.3) is 0 Å². The molecule has 2 heterocycles. The van der Waals surface area contributed by atoms with Crippen LogP contribution in [0.4, 0.5) is 0 Å². The molecule has 0 saturated carbocycles. The Hall–Kier alpha value is -1.06. The quantitative estimate of drug-likeness (QED) is 0.448. The third-order valence-electron chi connectivity index (χ3n) is 5.22. The SMILES string of the molecule is CCC(C)CN1CCC(c2ccc(/C=C\C=C(/C)OC)s2)CC1C. The number of hydrogen-bond donors (Lipinski definition) is 0. The molecule has 134 valence electrons. The highest BCUT2D eigenvalue weighted by Crippen LogP contribution is 2.36. The maximum Gasteiger partial charge on any atom is 0.0924 e. The van der Waals surface area contributed by atoms with Crippen LogP contribution in [0.2, 0.25) is 0 Å². The Bertz CT molecular complexity index is 560. The van der Waals surface area contributed by atoms with Crippen LogP contribution in [0.1, 0.15) is 62.6 Å². The Morgan fingerprint density at radius 2 is 2.25 bits per heavy atom. The van der Waals surface area contributed by atoms with Gasteiger partial charge >= 0.3 is 0 Å². The molecule has 0 N–H and O–H groups in total. The molecule has 3 unspecified atom stereocenters. The van der Waals surface area contributed by atoms with Crippen molar-refractivity contribution in [1.29, 1.82) is 0 Å². The van der Waals surface area contributed by atoms with Crippen LogP contribution in [0.5, 0.6) is 0 Å². The van der Waals surface area contributed by atoms with Gasteiger partial charge in [0.15, 0.2) is 0 Å². The van der Waals surface area contributed by atoms with E-state index in [0.717, 1.165) is 17.6 Å². The Kier molecular flexibility index (Phi) is 7.57. The summed E-state index contributed by atoms with van der Waals surface area (Å²) in [5.41, 5.74) is 0. The number of thiophene rings is 1. The Labute approximate surface area is 152 Å². The first-order valence-corrected chi connectivity index (χ1v) is 10.1. The minimum absolute atomic E-state index is 0.700. The van der Waals surface area contributed by atoms with Gasteiger partial charge in [-0.3, -0.25) is 0 Å². The fraction of sp³-hybridized carbons (Fsp3) is 0.619. The van der Waals surface area contributed by atoms with E-state index in [1.807, 2.05) is 24.3 Å². The third-order valence-corrected chi connectivity index (χ3v) is 6.43. The summed E-state index contributed by atoms with van der Waals surface area (Å²) in [6.45, 7) is 11.5. The van der Waals surface area contributed by atoms with Gasteiger partial charge in [0, 0.05) is 22.3 Å². The Balaban J connectivity index is 1.92. The smallest absolute Gasteiger partial charge is 0.0924 e. The van der Waals surface area contributed by atoms with Gasteiger partial charge in [-0.15, -0.1) is 11.3 Å². The zero-order chi connectivity index (χ0) is 17.5. The molecule has 1 aromatic rings. The summed E-state index contributed by atoms with van der Waals surface area (Å²) in [6.07, 6.45) is 10.1. The molecule has 24 heavy (non-hydrogen) atoms. The average Bonchev–Trinajstić information content (AvgIpc) is 3.05. The number of hydrogen-bond acceptors (Lipinski definition) is 3. The summed E-state index contributed by atoms with van der Waals surface area (Å²) >= 11 is 1.94. The zero-order valence-electron chi connectivity index (χ0n) is 15.9. The number of methoxy groups -OCH3 is 1. The molecule has 3 heteroatoms. The van der Waals surface area contributed by atoms with Gasteiger partial charge in [-0.25, -0.2) is 0 Å². The molecule has 0 amide bonds. The summed E-state index contributed by atoms with van der Waals surface area (Å²) in [6, 6.07) is 5.29. The molecule has 3 atom stereocenters. The Morgan fingerprint density at radius 3 is 2.92 bits per heavy atom. The maximum absolute atomic E-state index is 5.15. The molecule has 0 spiro atoms. The monoisotopic (exact) mass is 347 g/mol. The Morgan fingerprint density at radius 1 is 1.46 bits per heavy atom. The standard InChI is InChI=1S/C21H33NOS/c1-6-16(2)15-22-13-12-19(14-17(22)3)21-11-10-20(24-21)9-7-8-18(4)23-5/h7-11,16-17,19H,6,12-15H2,1-5H3/b9-7-,18-8+. The molecule has 2 rings (SSSR count). The van der Waals surface area contributed by atoms with E-state index in [9.17, 15) is 0 Å². The fourth-order valence-electron chi connectivity index (χ4n) is 3.30. The van der Waals surface area contributed by atoms with Crippen molar-refractivity contribution in [2.24, 2.45) is 5.92 Å². The lowest BCUT2D eigenvalue weighted by atomic mass is 9.89. The van der Waals surface area contributed by atoms with E-state index in [2.05, 4.69) is 50.0 Å². The molecule has 2 nitrogen and oxygen atoms in total. The third kappa shape index (κ3) is 5.49. The molecule has 0 bridgehead atoms. The second-order valence-electron chi connectivity index (χ2n) is 7.16. The zero-order valence-corrected chi connectivity index (χ0v) is 16.7. The molecule has 1 aromatic heterocycles. The van der Waals surface area contributed by atoms with E-state index in [1.165, 1.54) is 37.2 Å². The number of piperidine rings is 1. The van der Waals surface area contributed by atoms with Crippen LogP contribution in [0.15, 0.2) is 30.0 Å². The van der Waals surface area contributed by atoms with Crippen molar-refractivity contribution in [3.05, 3.63) is 39.8 Å². The molecular formula is C21H33NOS. The van der Waals surface area contributed by atoms with E-state index in [4.69, 9.17) is 4.74 Å². The normalized spacial score (nSPS) is 24.5. The van der Waals surface area contributed by atoms with E-state index in [1.54, 1.807) is 12.0 Å². The van der Waals surface area contributed by atoms with E-state index < -0.39 is 0 Å². The molecule has 0 aliphatic carbocycles. The first-order chi connectivity index (χ1) is 11.5. The van der Waals surface area contributed by atoms with Gasteiger partial charge in [0.2, 0.25) is 0 Å². The summed E-state index contributed by atoms with van der Waals surface area (Å²) < 4.78 is 5.15. The fourth-order valence-corrected chi connectivity index (χ4v) is 4.38.